The lowest BCUT2D eigenvalue weighted by atomic mass is 9.92. The van der Waals surface area contributed by atoms with Gasteiger partial charge in [0.2, 0.25) is 5.91 Å². The quantitative estimate of drug-likeness (QED) is 0.352. The first-order chi connectivity index (χ1) is 12.8. The highest BCUT2D eigenvalue weighted by Crippen LogP contribution is 2.17. The number of carbonyl (C=O) groups excluding carboxylic acids is 2. The highest BCUT2D eigenvalue weighted by molar-refractivity contribution is 5.83. The van der Waals surface area contributed by atoms with Crippen LogP contribution in [0.3, 0.4) is 0 Å². The van der Waals surface area contributed by atoms with Gasteiger partial charge in [0.05, 0.1) is 17.5 Å². The van der Waals surface area contributed by atoms with Crippen molar-refractivity contribution >= 4 is 18.0 Å². The van der Waals surface area contributed by atoms with Crippen LogP contribution >= 0.6 is 0 Å². The molecular formula is C20H41N5O3. The number of nitrogens with one attached hydrogen (secondary N) is 4. The second-order valence-corrected chi connectivity index (χ2v) is 8.63. The normalized spacial score (nSPS) is 13.0. The van der Waals surface area contributed by atoms with Gasteiger partial charge in [-0.1, -0.05) is 13.8 Å². The molecule has 0 aliphatic carbocycles. The van der Waals surface area contributed by atoms with Gasteiger partial charge >= 0.3 is 6.09 Å². The molecule has 164 valence electrons. The fourth-order valence-electron chi connectivity index (χ4n) is 2.52. The van der Waals surface area contributed by atoms with Crippen molar-refractivity contribution < 1.29 is 14.3 Å². The third kappa shape index (κ3) is 9.28. The second-order valence-electron chi connectivity index (χ2n) is 8.63. The highest BCUT2D eigenvalue weighted by atomic mass is 16.6. The van der Waals surface area contributed by atoms with E-state index in [2.05, 4.69) is 26.3 Å². The van der Waals surface area contributed by atoms with E-state index in [0.29, 0.717) is 25.6 Å². The van der Waals surface area contributed by atoms with Gasteiger partial charge in [0.15, 0.2) is 5.96 Å². The summed E-state index contributed by atoms with van der Waals surface area (Å²) in [5, 5.41) is 12.2. The molecule has 0 aliphatic rings. The number of ether oxygens (including phenoxy) is 1. The number of amides is 2. The lowest BCUT2D eigenvalue weighted by Crippen LogP contribution is -2.57. The van der Waals surface area contributed by atoms with E-state index in [1.165, 1.54) is 0 Å². The summed E-state index contributed by atoms with van der Waals surface area (Å²) in [7, 11) is 1.62. The molecule has 4 N–H and O–H groups in total. The fraction of sp³-hybridized carbons (Fsp3) is 0.850. The van der Waals surface area contributed by atoms with Crippen molar-refractivity contribution in [3.05, 3.63) is 0 Å². The van der Waals surface area contributed by atoms with Gasteiger partial charge in [0.1, 0.15) is 5.60 Å². The zero-order valence-electron chi connectivity index (χ0n) is 19.2. The summed E-state index contributed by atoms with van der Waals surface area (Å²) in [5.74, 6) is 0.548. The van der Waals surface area contributed by atoms with E-state index in [9.17, 15) is 9.59 Å². The molecule has 0 saturated heterocycles. The van der Waals surface area contributed by atoms with Crippen molar-refractivity contribution in [1.29, 1.82) is 0 Å². The van der Waals surface area contributed by atoms with Gasteiger partial charge in [-0.2, -0.15) is 0 Å². The molecular weight excluding hydrogens is 358 g/mol. The molecule has 0 radical (unpaired) electrons. The first-order valence-electron chi connectivity index (χ1n) is 10.1. The molecule has 0 unspecified atom stereocenters. The van der Waals surface area contributed by atoms with E-state index in [4.69, 9.17) is 4.74 Å². The molecule has 8 heteroatoms. The Hall–Kier alpha value is -1.99. The number of alkyl carbamates (subject to hydrolysis) is 1. The SMILES string of the molecule is CCNC(=NCC(C)(C)C(=O)NC)NCC(CC)(CC)NC(=O)OC(C)(C)C. The minimum absolute atomic E-state index is 0.0600. The van der Waals surface area contributed by atoms with Gasteiger partial charge in [-0.25, -0.2) is 4.79 Å². The first kappa shape index (κ1) is 26.0. The number of aliphatic imine (C=N–C) groups is 1. The van der Waals surface area contributed by atoms with Crippen LogP contribution in [-0.4, -0.2) is 55.8 Å². The van der Waals surface area contributed by atoms with Crippen molar-refractivity contribution in [2.45, 2.75) is 79.4 Å². The molecule has 0 saturated carbocycles. The van der Waals surface area contributed by atoms with Crippen LogP contribution < -0.4 is 21.3 Å². The van der Waals surface area contributed by atoms with Crippen molar-refractivity contribution in [1.82, 2.24) is 21.3 Å². The van der Waals surface area contributed by atoms with Crippen molar-refractivity contribution in [3.63, 3.8) is 0 Å². The standard InChI is InChI=1S/C20H41N5O3/c1-10-20(11-2,25-17(27)28-18(4,5)6)14-24-16(22-12-3)23-13-19(7,8)15(26)21-9/h10-14H2,1-9H3,(H,21,26)(H,25,27)(H2,22,23,24). The summed E-state index contributed by atoms with van der Waals surface area (Å²) in [4.78, 5) is 28.8. The average Bonchev–Trinajstić information content (AvgIpc) is 2.60. The van der Waals surface area contributed by atoms with Crippen LogP contribution in [0, 0.1) is 5.41 Å². The Labute approximate surface area is 170 Å². The maximum atomic E-state index is 12.3. The maximum Gasteiger partial charge on any atom is 0.408 e. The monoisotopic (exact) mass is 399 g/mol. The van der Waals surface area contributed by atoms with Crippen LogP contribution in [-0.2, 0) is 9.53 Å². The van der Waals surface area contributed by atoms with Gasteiger partial charge in [-0.05, 0) is 54.4 Å². The molecule has 0 heterocycles. The predicted octanol–water partition coefficient (Wildman–Crippen LogP) is 2.40. The Kier molecular flexibility index (Phi) is 10.3. The maximum absolute atomic E-state index is 12.3. The largest absolute Gasteiger partial charge is 0.444 e. The second kappa shape index (κ2) is 11.1. The summed E-state index contributed by atoms with van der Waals surface area (Å²) in [6.45, 7) is 16.8. The number of hydrogen-bond acceptors (Lipinski definition) is 4. The Bertz CT molecular complexity index is 534. The average molecular weight is 400 g/mol. The van der Waals surface area contributed by atoms with Crippen LogP contribution in [0.15, 0.2) is 4.99 Å². The van der Waals surface area contributed by atoms with E-state index in [-0.39, 0.29) is 5.91 Å². The third-order valence-corrected chi connectivity index (χ3v) is 4.53. The van der Waals surface area contributed by atoms with E-state index >= 15 is 0 Å². The Morgan fingerprint density at radius 1 is 0.964 bits per heavy atom. The zero-order valence-corrected chi connectivity index (χ0v) is 19.2. The summed E-state index contributed by atoms with van der Waals surface area (Å²) in [6.07, 6.45) is 1.04. The zero-order chi connectivity index (χ0) is 22.0. The first-order valence-corrected chi connectivity index (χ1v) is 10.1. The predicted molar refractivity (Wildman–Crippen MR) is 115 cm³/mol. The Morgan fingerprint density at radius 2 is 1.54 bits per heavy atom. The van der Waals surface area contributed by atoms with Gasteiger partial charge in [-0.3, -0.25) is 9.79 Å². The Balaban J connectivity index is 5.18. The fourth-order valence-corrected chi connectivity index (χ4v) is 2.52. The van der Waals surface area contributed by atoms with E-state index < -0.39 is 22.6 Å². The molecule has 0 rings (SSSR count). The summed E-state index contributed by atoms with van der Waals surface area (Å²) < 4.78 is 5.41. The molecule has 0 aromatic rings. The van der Waals surface area contributed by atoms with E-state index in [1.807, 2.05) is 55.4 Å². The molecule has 0 atom stereocenters. The molecule has 0 fully saturated rings. The van der Waals surface area contributed by atoms with Crippen molar-refractivity contribution in [3.8, 4) is 0 Å². The van der Waals surface area contributed by atoms with Gasteiger partial charge in [0, 0.05) is 20.1 Å². The van der Waals surface area contributed by atoms with Gasteiger partial charge < -0.3 is 26.0 Å². The topological polar surface area (TPSA) is 104 Å². The van der Waals surface area contributed by atoms with E-state index in [1.54, 1.807) is 7.05 Å². The molecule has 0 aromatic carbocycles. The van der Waals surface area contributed by atoms with Crippen LogP contribution in [0.25, 0.3) is 0 Å². The third-order valence-electron chi connectivity index (χ3n) is 4.53. The van der Waals surface area contributed by atoms with Crippen LogP contribution in [0.1, 0.15) is 68.2 Å². The van der Waals surface area contributed by atoms with Crippen LogP contribution in [0.4, 0.5) is 4.79 Å². The lowest BCUT2D eigenvalue weighted by molar-refractivity contribution is -0.128. The minimum atomic E-state index is -0.613. The summed E-state index contributed by atoms with van der Waals surface area (Å²) >= 11 is 0. The summed E-state index contributed by atoms with van der Waals surface area (Å²) in [6, 6.07) is 0. The molecule has 0 aliphatic heterocycles. The highest BCUT2D eigenvalue weighted by Gasteiger charge is 2.31. The van der Waals surface area contributed by atoms with Crippen LogP contribution in [0.2, 0.25) is 0 Å². The Morgan fingerprint density at radius 3 is 1.96 bits per heavy atom. The van der Waals surface area contributed by atoms with Crippen molar-refractivity contribution in [2.24, 2.45) is 10.4 Å². The number of rotatable bonds is 9. The number of carbonyl (C=O) groups is 2. The summed E-state index contributed by atoms with van der Waals surface area (Å²) in [5.41, 5.74) is -1.63. The molecule has 0 aromatic heterocycles. The minimum Gasteiger partial charge on any atom is -0.444 e. The molecule has 8 nitrogen and oxygen atoms in total. The number of nitrogens with zero attached hydrogens (tertiary/aromatic N) is 1. The lowest BCUT2D eigenvalue weighted by Gasteiger charge is -2.34. The van der Waals surface area contributed by atoms with Gasteiger partial charge in [-0.15, -0.1) is 0 Å². The molecule has 28 heavy (non-hydrogen) atoms. The molecule has 0 bridgehead atoms. The smallest absolute Gasteiger partial charge is 0.408 e. The van der Waals surface area contributed by atoms with Gasteiger partial charge in [0.25, 0.3) is 0 Å². The molecule has 2 amide bonds. The number of guanidine groups is 1. The molecule has 0 spiro atoms. The van der Waals surface area contributed by atoms with Crippen LogP contribution in [0.5, 0.6) is 0 Å². The van der Waals surface area contributed by atoms with Crippen molar-refractivity contribution in [2.75, 3.05) is 26.7 Å². The van der Waals surface area contributed by atoms with E-state index in [0.717, 1.165) is 12.8 Å². The number of hydrogen-bond donors (Lipinski definition) is 4.